The molecule has 8 nitrogen and oxygen atoms in total. The lowest BCUT2D eigenvalue weighted by Crippen LogP contribution is -2.46. The molecule has 2 saturated heterocycles. The lowest BCUT2D eigenvalue weighted by atomic mass is 10.2. The van der Waals surface area contributed by atoms with Crippen molar-refractivity contribution in [1.29, 1.82) is 0 Å². The standard InChI is InChI=1S/C33H37F3N5O3S/c1-38(25-9-10-30(42-2)31(17-25)43-3)32-20-37-33(40(32)24-7-5-23(34)6-8-24)45-21-27-28(35)18-26(19-29(27)36)44-16-4-13-41-14-11-39(22-41)12-15-41/h5-10,17-20H,4,11-16,21-22H2,1-3H3/q+1. The molecule has 6 rings (SSSR count). The second-order valence-corrected chi connectivity index (χ2v) is 12.4. The summed E-state index contributed by atoms with van der Waals surface area (Å²) in [6.07, 6.45) is 2.50. The van der Waals surface area contributed by atoms with Gasteiger partial charge in [-0.05, 0) is 36.4 Å². The van der Waals surface area contributed by atoms with Crippen LogP contribution in [0.3, 0.4) is 0 Å². The molecule has 2 fully saturated rings. The Kier molecular flexibility index (Phi) is 9.16. The lowest BCUT2D eigenvalue weighted by molar-refractivity contribution is -0.908. The number of nitrogens with zero attached hydrogens (tertiary/aromatic N) is 5. The van der Waals surface area contributed by atoms with Crippen molar-refractivity contribution in [2.75, 3.05) is 72.2 Å². The summed E-state index contributed by atoms with van der Waals surface area (Å²) in [6, 6.07) is 14.0. The second kappa shape index (κ2) is 13.2. The van der Waals surface area contributed by atoms with E-state index in [4.69, 9.17) is 14.2 Å². The summed E-state index contributed by atoms with van der Waals surface area (Å²) in [5.74, 6) is 0.265. The van der Waals surface area contributed by atoms with Crippen molar-refractivity contribution in [3.8, 4) is 22.9 Å². The highest BCUT2D eigenvalue weighted by Crippen LogP contribution is 2.37. The SMILES string of the molecule is COc1ccc(N(C)c2cnc(SCc3c(F)cc(OCCC[N+]45CCN(CC4)C5)cc3F)n2-c2ccc(F)cc2)cc1OC. The minimum Gasteiger partial charge on any atom is -0.493 e. The fraction of sp³-hybridized carbons (Fsp3) is 0.364. The number of benzene rings is 3. The van der Waals surface area contributed by atoms with Gasteiger partial charge in [-0.2, -0.15) is 0 Å². The molecule has 3 aromatic carbocycles. The molecule has 4 aromatic rings. The number of hydrogen-bond donors (Lipinski definition) is 0. The maximum absolute atomic E-state index is 15.2. The predicted octanol–water partition coefficient (Wildman–Crippen LogP) is 6.24. The van der Waals surface area contributed by atoms with E-state index in [1.165, 1.54) is 49.1 Å². The number of methoxy groups -OCH3 is 2. The molecular formula is C33H37F3N5O3S+. The van der Waals surface area contributed by atoms with Gasteiger partial charge in [0, 0.05) is 54.4 Å². The van der Waals surface area contributed by atoms with Crippen LogP contribution in [0.25, 0.3) is 5.69 Å². The van der Waals surface area contributed by atoms with Crippen molar-refractivity contribution in [2.24, 2.45) is 0 Å². The van der Waals surface area contributed by atoms with Crippen LogP contribution in [0, 0.1) is 17.5 Å². The van der Waals surface area contributed by atoms with Crippen LogP contribution < -0.4 is 19.1 Å². The van der Waals surface area contributed by atoms with Gasteiger partial charge in [0.1, 0.15) is 35.7 Å². The number of fused-ring (bicyclic) bond motifs is 2. The third-order valence-electron chi connectivity index (χ3n) is 8.68. The van der Waals surface area contributed by atoms with Crippen LogP contribution in [0.15, 0.2) is 66.0 Å². The average molecular weight is 641 g/mol. The molecule has 0 amide bonds. The number of hydrogen-bond acceptors (Lipinski definition) is 7. The van der Waals surface area contributed by atoms with E-state index in [0.717, 1.165) is 42.9 Å². The van der Waals surface area contributed by atoms with Crippen molar-refractivity contribution in [2.45, 2.75) is 17.3 Å². The fourth-order valence-corrected chi connectivity index (χ4v) is 7.13. The molecule has 2 aliphatic rings. The monoisotopic (exact) mass is 640 g/mol. The summed E-state index contributed by atoms with van der Waals surface area (Å²) in [4.78, 5) is 8.96. The third kappa shape index (κ3) is 6.58. The van der Waals surface area contributed by atoms with Gasteiger partial charge in [-0.1, -0.05) is 11.8 Å². The Labute approximate surface area is 265 Å². The zero-order valence-corrected chi connectivity index (χ0v) is 26.5. The molecule has 0 unspecified atom stereocenters. The summed E-state index contributed by atoms with van der Waals surface area (Å²) in [5.41, 5.74) is 1.36. The van der Waals surface area contributed by atoms with E-state index in [0.29, 0.717) is 34.8 Å². The van der Waals surface area contributed by atoms with E-state index in [2.05, 4.69) is 9.88 Å². The Morgan fingerprint density at radius 3 is 2.29 bits per heavy atom. The van der Waals surface area contributed by atoms with Crippen LogP contribution in [-0.4, -0.2) is 86.2 Å². The quantitative estimate of drug-likeness (QED) is 0.0975. The van der Waals surface area contributed by atoms with Crippen molar-refractivity contribution in [3.63, 3.8) is 0 Å². The van der Waals surface area contributed by atoms with Gasteiger partial charge in [-0.15, -0.1) is 0 Å². The van der Waals surface area contributed by atoms with Crippen molar-refractivity contribution in [3.05, 3.63) is 83.8 Å². The Morgan fingerprint density at radius 1 is 0.933 bits per heavy atom. The number of aromatic nitrogens is 2. The highest BCUT2D eigenvalue weighted by atomic mass is 32.2. The van der Waals surface area contributed by atoms with Gasteiger partial charge < -0.3 is 23.6 Å². The van der Waals surface area contributed by atoms with Crippen LogP contribution in [-0.2, 0) is 5.75 Å². The molecule has 0 spiro atoms. The molecule has 0 aliphatic carbocycles. The van der Waals surface area contributed by atoms with E-state index in [-0.39, 0.29) is 22.9 Å². The molecule has 2 aliphatic heterocycles. The number of thioether (sulfide) groups is 1. The van der Waals surface area contributed by atoms with Crippen molar-refractivity contribution in [1.82, 2.24) is 14.5 Å². The van der Waals surface area contributed by atoms with E-state index in [1.807, 2.05) is 28.6 Å². The molecule has 0 atom stereocenters. The number of piperazine rings is 1. The number of ether oxygens (including phenoxy) is 3. The number of rotatable bonds is 13. The average Bonchev–Trinajstić information content (AvgIpc) is 3.78. The molecule has 45 heavy (non-hydrogen) atoms. The first kappa shape index (κ1) is 31.1. The van der Waals surface area contributed by atoms with Gasteiger partial charge in [0.15, 0.2) is 16.7 Å². The first-order valence-electron chi connectivity index (χ1n) is 14.9. The van der Waals surface area contributed by atoms with Crippen LogP contribution in [0.2, 0.25) is 0 Å². The minimum atomic E-state index is -0.670. The summed E-state index contributed by atoms with van der Waals surface area (Å²) in [5, 5.41) is 0.484. The van der Waals surface area contributed by atoms with Gasteiger partial charge >= 0.3 is 0 Å². The topological polar surface area (TPSA) is 52.0 Å². The lowest BCUT2D eigenvalue weighted by Gasteiger charge is -2.30. The van der Waals surface area contributed by atoms with Crippen LogP contribution in [0.5, 0.6) is 17.2 Å². The molecule has 0 saturated carbocycles. The maximum Gasteiger partial charge on any atom is 0.174 e. The van der Waals surface area contributed by atoms with Gasteiger partial charge in [-0.25, -0.2) is 23.1 Å². The van der Waals surface area contributed by atoms with Crippen molar-refractivity contribution >= 4 is 23.3 Å². The van der Waals surface area contributed by atoms with Gasteiger partial charge in [0.25, 0.3) is 0 Å². The van der Waals surface area contributed by atoms with Crippen LogP contribution in [0.1, 0.15) is 12.0 Å². The first-order valence-corrected chi connectivity index (χ1v) is 15.9. The minimum absolute atomic E-state index is 0.00777. The summed E-state index contributed by atoms with van der Waals surface area (Å²) in [6.45, 7) is 7.17. The summed E-state index contributed by atoms with van der Waals surface area (Å²) >= 11 is 1.18. The molecule has 12 heteroatoms. The Hall–Kier alpha value is -3.87. The molecule has 2 bridgehead atoms. The Bertz CT molecular complexity index is 1620. The molecule has 0 N–H and O–H groups in total. The predicted molar refractivity (Wildman–Crippen MR) is 168 cm³/mol. The normalized spacial score (nSPS) is 18.8. The zero-order chi connectivity index (χ0) is 31.6. The molecule has 3 heterocycles. The number of halogens is 3. The summed E-state index contributed by atoms with van der Waals surface area (Å²) < 4.78 is 63.8. The summed E-state index contributed by atoms with van der Waals surface area (Å²) in [7, 11) is 4.99. The van der Waals surface area contributed by atoms with E-state index >= 15 is 8.78 Å². The smallest absolute Gasteiger partial charge is 0.174 e. The highest BCUT2D eigenvalue weighted by molar-refractivity contribution is 7.98. The molecule has 238 valence electrons. The molecular weight excluding hydrogens is 603 g/mol. The largest absolute Gasteiger partial charge is 0.493 e. The number of anilines is 2. The van der Waals surface area contributed by atoms with E-state index < -0.39 is 11.6 Å². The maximum atomic E-state index is 15.2. The van der Waals surface area contributed by atoms with Gasteiger partial charge in [-0.3, -0.25) is 4.57 Å². The Morgan fingerprint density at radius 2 is 1.64 bits per heavy atom. The molecule has 1 aromatic heterocycles. The number of quaternary nitrogens is 1. The molecule has 0 radical (unpaired) electrons. The first-order chi connectivity index (χ1) is 21.8. The van der Waals surface area contributed by atoms with Gasteiger partial charge in [0.2, 0.25) is 0 Å². The third-order valence-corrected chi connectivity index (χ3v) is 9.66. The second-order valence-electron chi connectivity index (χ2n) is 11.4. The fourth-order valence-electron chi connectivity index (χ4n) is 6.12. The van der Waals surface area contributed by atoms with Crippen LogP contribution >= 0.6 is 11.8 Å². The number of imidazole rings is 1. The Balaban J connectivity index is 1.18. The van der Waals surface area contributed by atoms with Gasteiger partial charge in [0.05, 0.1) is 59.7 Å². The van der Waals surface area contributed by atoms with E-state index in [1.54, 1.807) is 38.6 Å². The highest BCUT2D eigenvalue weighted by Gasteiger charge is 2.42. The van der Waals surface area contributed by atoms with Crippen molar-refractivity contribution < 1.29 is 31.9 Å². The van der Waals surface area contributed by atoms with E-state index in [9.17, 15) is 4.39 Å². The van der Waals surface area contributed by atoms with Crippen LogP contribution in [0.4, 0.5) is 24.7 Å². The zero-order valence-electron chi connectivity index (χ0n) is 25.6.